The second-order valence-corrected chi connectivity index (χ2v) is 6.93. The first-order chi connectivity index (χ1) is 11.9. The molecular formula is C17H22FIN4O2S. The van der Waals surface area contributed by atoms with Crippen LogP contribution in [0.5, 0.6) is 0 Å². The van der Waals surface area contributed by atoms with Crippen LogP contribution in [0.15, 0.2) is 58.4 Å². The van der Waals surface area contributed by atoms with Gasteiger partial charge in [0.25, 0.3) is 0 Å². The molecule has 4 N–H and O–H groups in total. The van der Waals surface area contributed by atoms with E-state index in [-0.39, 0.29) is 34.7 Å². The molecule has 0 bridgehead atoms. The lowest BCUT2D eigenvalue weighted by Crippen LogP contribution is -2.36. The minimum Gasteiger partial charge on any atom is -0.357 e. The van der Waals surface area contributed by atoms with Crippen molar-refractivity contribution in [2.75, 3.05) is 6.54 Å². The number of halogens is 2. The summed E-state index contributed by atoms with van der Waals surface area (Å²) in [6, 6.07) is 12.6. The van der Waals surface area contributed by atoms with Crippen LogP contribution in [0.1, 0.15) is 18.1 Å². The molecule has 0 radical (unpaired) electrons. The van der Waals surface area contributed by atoms with Crippen molar-refractivity contribution in [2.45, 2.75) is 24.9 Å². The molecule has 0 aliphatic rings. The van der Waals surface area contributed by atoms with E-state index in [0.717, 1.165) is 11.1 Å². The number of hydrogen-bond acceptors (Lipinski definition) is 3. The molecule has 0 saturated carbocycles. The predicted octanol–water partition coefficient (Wildman–Crippen LogP) is 2.35. The Kier molecular flexibility index (Phi) is 8.96. The normalized spacial score (nSPS) is 11.6. The molecule has 0 aliphatic heterocycles. The number of sulfonamides is 1. The molecule has 142 valence electrons. The molecular weight excluding hydrogens is 470 g/mol. The fraction of sp³-hybridized carbons (Fsp3) is 0.235. The fourth-order valence-electron chi connectivity index (χ4n) is 2.17. The van der Waals surface area contributed by atoms with E-state index in [2.05, 4.69) is 15.6 Å². The van der Waals surface area contributed by atoms with Crippen LogP contribution < -0.4 is 15.8 Å². The number of nitrogens with one attached hydrogen (secondary N) is 2. The summed E-state index contributed by atoms with van der Waals surface area (Å²) >= 11 is 0. The number of primary sulfonamides is 1. The first kappa shape index (κ1) is 22.3. The zero-order valence-corrected chi connectivity index (χ0v) is 17.4. The van der Waals surface area contributed by atoms with Gasteiger partial charge < -0.3 is 10.6 Å². The Morgan fingerprint density at radius 2 is 1.81 bits per heavy atom. The highest BCUT2D eigenvalue weighted by Crippen LogP contribution is 2.09. The SMILES string of the molecule is CCNC(=NCc1cccc(F)c1)NCc1cccc(S(N)(=O)=O)c1.I. The molecule has 0 aromatic heterocycles. The molecule has 0 unspecified atom stereocenters. The van der Waals surface area contributed by atoms with E-state index < -0.39 is 10.0 Å². The van der Waals surface area contributed by atoms with Gasteiger partial charge in [0.2, 0.25) is 10.0 Å². The molecule has 6 nitrogen and oxygen atoms in total. The predicted molar refractivity (Wildman–Crippen MR) is 111 cm³/mol. The van der Waals surface area contributed by atoms with E-state index in [1.54, 1.807) is 24.3 Å². The van der Waals surface area contributed by atoms with Gasteiger partial charge in [-0.3, -0.25) is 0 Å². The van der Waals surface area contributed by atoms with Crippen LogP contribution in [0.4, 0.5) is 4.39 Å². The average molecular weight is 492 g/mol. The monoisotopic (exact) mass is 492 g/mol. The highest BCUT2D eigenvalue weighted by atomic mass is 127. The molecule has 0 saturated heterocycles. The van der Waals surface area contributed by atoms with Crippen molar-refractivity contribution in [1.82, 2.24) is 10.6 Å². The molecule has 0 spiro atoms. The summed E-state index contributed by atoms with van der Waals surface area (Å²) < 4.78 is 36.0. The van der Waals surface area contributed by atoms with Gasteiger partial charge >= 0.3 is 0 Å². The number of benzene rings is 2. The smallest absolute Gasteiger partial charge is 0.238 e. The Hall–Kier alpha value is -1.72. The van der Waals surface area contributed by atoms with Crippen molar-refractivity contribution in [2.24, 2.45) is 10.1 Å². The van der Waals surface area contributed by atoms with Crippen molar-refractivity contribution in [3.8, 4) is 0 Å². The highest BCUT2D eigenvalue weighted by Gasteiger charge is 2.08. The molecule has 0 amide bonds. The van der Waals surface area contributed by atoms with Gasteiger partial charge in [0.1, 0.15) is 5.82 Å². The average Bonchev–Trinajstić information content (AvgIpc) is 2.57. The minimum absolute atomic E-state index is 0. The molecule has 2 aromatic rings. The van der Waals surface area contributed by atoms with Gasteiger partial charge in [0.15, 0.2) is 5.96 Å². The Bertz CT molecular complexity index is 859. The van der Waals surface area contributed by atoms with Gasteiger partial charge in [-0.05, 0) is 42.3 Å². The number of guanidine groups is 1. The molecule has 0 fully saturated rings. The summed E-state index contributed by atoms with van der Waals surface area (Å²) in [4.78, 5) is 4.46. The minimum atomic E-state index is -3.73. The van der Waals surface area contributed by atoms with Crippen molar-refractivity contribution in [1.29, 1.82) is 0 Å². The number of aliphatic imine (C=N–C) groups is 1. The lowest BCUT2D eigenvalue weighted by Gasteiger charge is -2.12. The zero-order chi connectivity index (χ0) is 18.3. The van der Waals surface area contributed by atoms with Crippen LogP contribution in [0, 0.1) is 5.82 Å². The van der Waals surface area contributed by atoms with Crippen LogP contribution in [0.3, 0.4) is 0 Å². The fourth-order valence-corrected chi connectivity index (χ4v) is 2.75. The third-order valence-corrected chi connectivity index (χ3v) is 4.25. The first-order valence-corrected chi connectivity index (χ1v) is 9.31. The quantitative estimate of drug-likeness (QED) is 0.328. The van der Waals surface area contributed by atoms with Crippen LogP contribution in [0.25, 0.3) is 0 Å². The van der Waals surface area contributed by atoms with E-state index in [1.807, 2.05) is 6.92 Å². The van der Waals surface area contributed by atoms with Gasteiger partial charge in [-0.25, -0.2) is 22.9 Å². The van der Waals surface area contributed by atoms with E-state index in [9.17, 15) is 12.8 Å². The summed E-state index contributed by atoms with van der Waals surface area (Å²) in [5.74, 6) is 0.248. The molecule has 0 atom stereocenters. The number of hydrogen-bond donors (Lipinski definition) is 3. The number of rotatable bonds is 6. The second kappa shape index (κ2) is 10.4. The van der Waals surface area contributed by atoms with E-state index in [4.69, 9.17) is 5.14 Å². The number of nitrogens with two attached hydrogens (primary N) is 1. The van der Waals surface area contributed by atoms with Crippen LogP contribution >= 0.6 is 24.0 Å². The summed E-state index contributed by atoms with van der Waals surface area (Å²) in [5, 5.41) is 11.3. The van der Waals surface area contributed by atoms with Gasteiger partial charge in [0, 0.05) is 13.1 Å². The maximum absolute atomic E-state index is 13.2. The second-order valence-electron chi connectivity index (χ2n) is 5.37. The van der Waals surface area contributed by atoms with Crippen molar-refractivity contribution in [3.05, 3.63) is 65.5 Å². The van der Waals surface area contributed by atoms with Crippen molar-refractivity contribution >= 4 is 40.0 Å². The third-order valence-electron chi connectivity index (χ3n) is 3.34. The van der Waals surface area contributed by atoms with Gasteiger partial charge in [0.05, 0.1) is 11.4 Å². The Morgan fingerprint density at radius 3 is 2.46 bits per heavy atom. The lowest BCUT2D eigenvalue weighted by atomic mass is 10.2. The summed E-state index contributed by atoms with van der Waals surface area (Å²) in [7, 11) is -3.73. The summed E-state index contributed by atoms with van der Waals surface area (Å²) in [6.45, 7) is 3.29. The van der Waals surface area contributed by atoms with Gasteiger partial charge in [-0.1, -0.05) is 24.3 Å². The Labute approximate surface area is 170 Å². The highest BCUT2D eigenvalue weighted by molar-refractivity contribution is 14.0. The van der Waals surface area contributed by atoms with E-state index >= 15 is 0 Å². The maximum Gasteiger partial charge on any atom is 0.238 e. The third kappa shape index (κ3) is 7.26. The van der Waals surface area contributed by atoms with Crippen molar-refractivity contribution in [3.63, 3.8) is 0 Å². The number of nitrogens with zero attached hydrogens (tertiary/aromatic N) is 1. The topological polar surface area (TPSA) is 96.6 Å². The molecule has 0 aliphatic carbocycles. The van der Waals surface area contributed by atoms with Gasteiger partial charge in [-0.2, -0.15) is 0 Å². The van der Waals surface area contributed by atoms with Crippen molar-refractivity contribution < 1.29 is 12.8 Å². The van der Waals surface area contributed by atoms with E-state index in [0.29, 0.717) is 25.6 Å². The maximum atomic E-state index is 13.2. The van der Waals surface area contributed by atoms with E-state index in [1.165, 1.54) is 24.3 Å². The standard InChI is InChI=1S/C17H21FN4O2S.HI/c1-2-20-17(21-11-13-5-3-7-15(18)9-13)22-12-14-6-4-8-16(10-14)25(19,23)24;/h3-10H,2,11-12H2,1H3,(H2,19,23,24)(H2,20,21,22);1H. The molecule has 26 heavy (non-hydrogen) atoms. The zero-order valence-electron chi connectivity index (χ0n) is 14.3. The largest absolute Gasteiger partial charge is 0.357 e. The summed E-state index contributed by atoms with van der Waals surface area (Å²) in [5.41, 5.74) is 1.51. The lowest BCUT2D eigenvalue weighted by molar-refractivity contribution is 0.597. The van der Waals surface area contributed by atoms with Crippen LogP contribution in [-0.2, 0) is 23.1 Å². The Morgan fingerprint density at radius 1 is 1.12 bits per heavy atom. The first-order valence-electron chi connectivity index (χ1n) is 7.77. The van der Waals surface area contributed by atoms with Crippen LogP contribution in [-0.4, -0.2) is 20.9 Å². The molecule has 2 rings (SSSR count). The molecule has 2 aromatic carbocycles. The van der Waals surface area contributed by atoms with Gasteiger partial charge in [-0.15, -0.1) is 24.0 Å². The molecule has 0 heterocycles. The Balaban J connectivity index is 0.00000338. The molecule has 9 heteroatoms. The summed E-state index contributed by atoms with van der Waals surface area (Å²) in [6.07, 6.45) is 0. The van der Waals surface area contributed by atoms with Crippen LogP contribution in [0.2, 0.25) is 0 Å².